The Morgan fingerprint density at radius 2 is 0.364 bits per heavy atom. The van der Waals surface area contributed by atoms with Gasteiger partial charge in [-0.1, -0.05) is 194 Å². The second-order valence-electron chi connectivity index (χ2n) is 36.1. The standard InChI is InChI=1S/C70H44N4O2.C58H34N2O2S2/c1-5-17-45(18-6-1)71(51-29-33-55-53-25-13-15-27-61(53)73(63(55)43-51)47-21-9-3-10-22-47)49-31-37-65-59(41-49)69-57-35-40-68-70(58(57)36-39-67(69)75-65)60-42-50(32-38-66(60)76-68)72(46-19-7-2-8-20-46)52-30-34-56-54-26-14-16-28-62(54)74(64(56)44-52)48-23-11-4-12-24-48;1-3-11-35(12-4-1)59(39-21-29-55-45(31-39)41-15-7-9-17-53(41)63-55)37-19-25-49-47(33-37)57-43-23-28-52-58(44(43)24-27-51(57)61-49)48-34-38(20-26-50(48)62-52)60(36-13-5-2-6-14-36)40-22-30-56-46(32-40)42-16-8-10-18-54(42)64-56/h1-44H;1-34H. The molecule has 0 unspecified atom stereocenters. The predicted molar refractivity (Wildman–Crippen MR) is 590 cm³/mol. The summed E-state index contributed by atoms with van der Waals surface area (Å²) in [4.78, 5) is 9.43. The maximum atomic E-state index is 6.72. The topological polar surface area (TPSA) is 75.4 Å². The van der Waals surface area contributed by atoms with Gasteiger partial charge < -0.3 is 46.4 Å². The second kappa shape index (κ2) is 31.7. The lowest BCUT2D eigenvalue weighted by atomic mass is 9.99. The minimum absolute atomic E-state index is 0.833. The lowest BCUT2D eigenvalue weighted by molar-refractivity contribution is 0.668. The summed E-state index contributed by atoms with van der Waals surface area (Å²) >= 11 is 3.68. The Labute approximate surface area is 809 Å². The highest BCUT2D eigenvalue weighted by Crippen LogP contribution is 2.52. The summed E-state index contributed by atoms with van der Waals surface area (Å²) in [5.74, 6) is 0. The van der Waals surface area contributed by atoms with E-state index in [1.54, 1.807) is 0 Å². The Morgan fingerprint density at radius 3 is 0.679 bits per heavy atom. The van der Waals surface area contributed by atoms with Crippen molar-refractivity contribution < 1.29 is 17.7 Å². The van der Waals surface area contributed by atoms with E-state index in [4.69, 9.17) is 17.7 Å². The highest BCUT2D eigenvalue weighted by atomic mass is 32.1. The van der Waals surface area contributed by atoms with E-state index in [9.17, 15) is 0 Å². The van der Waals surface area contributed by atoms with Crippen molar-refractivity contribution in [1.82, 2.24) is 9.13 Å². The van der Waals surface area contributed by atoms with Crippen LogP contribution < -0.4 is 19.6 Å². The summed E-state index contributed by atoms with van der Waals surface area (Å²) in [6, 6.07) is 170. The monoisotopic (exact) mass is 1830 g/mol. The molecule has 8 heterocycles. The Hall–Kier alpha value is -18.2. The number of hydrogen-bond donors (Lipinski definition) is 0. The number of thiophene rings is 2. The van der Waals surface area contributed by atoms with Gasteiger partial charge in [0.2, 0.25) is 0 Å². The van der Waals surface area contributed by atoms with Crippen LogP contribution in [0.5, 0.6) is 0 Å². The molecule has 0 saturated heterocycles. The lowest BCUT2D eigenvalue weighted by Gasteiger charge is -2.26. The Kier molecular flexibility index (Phi) is 17.9. The van der Waals surface area contributed by atoms with Gasteiger partial charge in [-0.05, 0) is 301 Å². The third kappa shape index (κ3) is 12.6. The van der Waals surface area contributed by atoms with Crippen LogP contribution in [-0.2, 0) is 0 Å². The lowest BCUT2D eigenvalue weighted by Crippen LogP contribution is -2.10. The van der Waals surface area contributed by atoms with E-state index in [2.05, 4.69) is 502 Å². The number of para-hydroxylation sites is 8. The van der Waals surface area contributed by atoms with Gasteiger partial charge >= 0.3 is 0 Å². The van der Waals surface area contributed by atoms with Gasteiger partial charge in [0.25, 0.3) is 0 Å². The van der Waals surface area contributed by atoms with Gasteiger partial charge in [0, 0.05) is 185 Å². The smallest absolute Gasteiger partial charge is 0.136 e. The zero-order valence-corrected chi connectivity index (χ0v) is 76.8. The third-order valence-electron chi connectivity index (χ3n) is 28.2. The van der Waals surface area contributed by atoms with Crippen LogP contribution in [0.3, 0.4) is 0 Å². The van der Waals surface area contributed by atoms with Crippen molar-refractivity contribution in [1.29, 1.82) is 0 Å². The van der Waals surface area contributed by atoms with E-state index in [0.29, 0.717) is 0 Å². The average molecular weight is 1830 g/mol. The summed E-state index contributed by atoms with van der Waals surface area (Å²) in [6.45, 7) is 0. The van der Waals surface area contributed by atoms with Gasteiger partial charge in [-0.15, -0.1) is 22.7 Å². The van der Waals surface area contributed by atoms with Crippen LogP contribution in [0.15, 0.2) is 491 Å². The molecule has 8 aromatic heterocycles. The molecule has 0 radical (unpaired) electrons. The third-order valence-corrected chi connectivity index (χ3v) is 30.5. The van der Waals surface area contributed by atoms with Crippen LogP contribution in [0, 0.1) is 0 Å². The van der Waals surface area contributed by atoms with Crippen LogP contribution in [0.4, 0.5) is 68.2 Å². The molecule has 0 aliphatic rings. The quantitative estimate of drug-likeness (QED) is 0.107. The largest absolute Gasteiger partial charge is 0.456 e. The average Bonchev–Trinajstić information content (AvgIpc) is 1.56. The van der Waals surface area contributed by atoms with Gasteiger partial charge in [-0.3, -0.25) is 0 Å². The van der Waals surface area contributed by atoms with Crippen molar-refractivity contribution in [3.05, 3.63) is 473 Å². The number of hydrogen-bond acceptors (Lipinski definition) is 10. The van der Waals surface area contributed by atoms with Gasteiger partial charge in [-0.2, -0.15) is 0 Å². The molecule has 22 aromatic carbocycles. The molecule has 30 rings (SSSR count). The summed E-state index contributed by atoms with van der Waals surface area (Å²) in [5, 5.41) is 23.0. The molecule has 0 aliphatic heterocycles. The van der Waals surface area contributed by atoms with E-state index in [-0.39, 0.29) is 0 Å². The number of nitrogens with zero attached hydrogens (tertiary/aromatic N) is 6. The van der Waals surface area contributed by atoms with Gasteiger partial charge in [0.1, 0.15) is 44.7 Å². The minimum Gasteiger partial charge on any atom is -0.456 e. The molecule has 12 heteroatoms. The van der Waals surface area contributed by atoms with E-state index >= 15 is 0 Å². The van der Waals surface area contributed by atoms with Crippen molar-refractivity contribution in [3.63, 3.8) is 0 Å². The number of anilines is 12. The normalized spacial score (nSPS) is 12.0. The highest BCUT2D eigenvalue weighted by Gasteiger charge is 2.28. The molecule has 0 atom stereocenters. The first-order valence-corrected chi connectivity index (χ1v) is 48.9. The van der Waals surface area contributed by atoms with E-state index in [0.717, 1.165) is 200 Å². The number of aromatic nitrogens is 2. The fraction of sp³-hybridized carbons (Fsp3) is 0. The van der Waals surface area contributed by atoms with Crippen molar-refractivity contribution in [2.75, 3.05) is 19.6 Å². The first kappa shape index (κ1) is 79.2. The Morgan fingerprint density at radius 1 is 0.143 bits per heavy atom. The second-order valence-corrected chi connectivity index (χ2v) is 38.3. The molecule has 0 saturated carbocycles. The molecule has 0 fully saturated rings. The zero-order valence-electron chi connectivity index (χ0n) is 75.2. The predicted octanol–water partition coefficient (Wildman–Crippen LogP) is 38.1. The maximum absolute atomic E-state index is 6.72. The van der Waals surface area contributed by atoms with Gasteiger partial charge in [0.05, 0.1) is 22.1 Å². The molecule has 10 nitrogen and oxygen atoms in total. The highest BCUT2D eigenvalue weighted by molar-refractivity contribution is 7.26. The number of benzene rings is 22. The molecule has 0 N–H and O–H groups in total. The Bertz CT molecular complexity index is 9680. The maximum Gasteiger partial charge on any atom is 0.136 e. The molecule has 30 aromatic rings. The van der Waals surface area contributed by atoms with E-state index in [1.165, 1.54) is 72.9 Å². The molecular weight excluding hydrogens is 1750 g/mol. The fourth-order valence-electron chi connectivity index (χ4n) is 22.1. The van der Waals surface area contributed by atoms with Crippen LogP contribution in [0.1, 0.15) is 0 Å². The molecular formula is C128H78N6O4S2. The molecule has 656 valence electrons. The number of rotatable bonds is 14. The summed E-state index contributed by atoms with van der Waals surface area (Å²) in [7, 11) is 0. The van der Waals surface area contributed by atoms with Crippen LogP contribution in [0.25, 0.3) is 205 Å². The van der Waals surface area contributed by atoms with E-state index < -0.39 is 0 Å². The van der Waals surface area contributed by atoms with Gasteiger partial charge in [0.15, 0.2) is 0 Å². The summed E-state index contributed by atoms with van der Waals surface area (Å²) in [5.41, 5.74) is 26.5. The number of furan rings is 4. The zero-order chi connectivity index (χ0) is 91.7. The molecule has 0 aliphatic carbocycles. The molecule has 140 heavy (non-hydrogen) atoms. The van der Waals surface area contributed by atoms with Crippen LogP contribution in [-0.4, -0.2) is 9.13 Å². The van der Waals surface area contributed by atoms with Crippen molar-refractivity contribution in [2.24, 2.45) is 0 Å². The molecule has 0 bridgehead atoms. The Balaban J connectivity index is 0.000000136. The SMILES string of the molecule is c1ccc(N(c2ccc3oc4ccc5c(ccc6oc7ccc(N(c8ccccc8)c8ccc9c%10ccccc%10n(-c%10ccccc%10)c9c8)cc7c65)c4c3c2)c2ccc3c4ccccc4n(-c4ccccc4)c3c2)cc1.c1ccc(N(c2ccc3sc4ccccc4c3c2)c2ccc3oc4ccc5c(ccc6oc7ccc(N(c8ccccc8)c8ccc9sc%10ccccc%10c9c8)cc7c65)c4c3c2)cc1. The molecule has 0 spiro atoms. The summed E-state index contributed by atoms with van der Waals surface area (Å²) < 4.78 is 36.6. The van der Waals surface area contributed by atoms with Crippen LogP contribution in [0.2, 0.25) is 0 Å². The number of fused-ring (bicyclic) bond motifs is 30. The van der Waals surface area contributed by atoms with E-state index in [1.807, 2.05) is 22.7 Å². The first-order chi connectivity index (χ1) is 69.4. The first-order valence-electron chi connectivity index (χ1n) is 47.3. The fourth-order valence-corrected chi connectivity index (χ4v) is 24.3. The van der Waals surface area contributed by atoms with Crippen molar-refractivity contribution in [3.8, 4) is 11.4 Å². The summed E-state index contributed by atoms with van der Waals surface area (Å²) in [6.07, 6.45) is 0. The van der Waals surface area contributed by atoms with Crippen molar-refractivity contribution in [2.45, 2.75) is 0 Å². The van der Waals surface area contributed by atoms with Crippen molar-refractivity contribution >= 4 is 284 Å². The minimum atomic E-state index is 0.833. The van der Waals surface area contributed by atoms with Gasteiger partial charge in [-0.25, -0.2) is 0 Å². The molecule has 0 amide bonds. The van der Waals surface area contributed by atoms with Crippen LogP contribution >= 0.6 is 22.7 Å².